The van der Waals surface area contributed by atoms with Gasteiger partial charge in [-0.1, -0.05) is 24.0 Å². The summed E-state index contributed by atoms with van der Waals surface area (Å²) in [6, 6.07) is 2.65. The molecule has 1 heterocycles. The molecule has 140 valence electrons. The Kier molecular flexibility index (Phi) is 6.49. The zero-order valence-electron chi connectivity index (χ0n) is 15.0. The summed E-state index contributed by atoms with van der Waals surface area (Å²) < 4.78 is 20.9. The third-order valence-electron chi connectivity index (χ3n) is 3.74. The van der Waals surface area contributed by atoms with E-state index in [2.05, 4.69) is 0 Å². The van der Waals surface area contributed by atoms with E-state index in [4.69, 9.17) is 31.2 Å². The monoisotopic (exact) mass is 397 g/mol. The minimum absolute atomic E-state index is 0.298. The molecule has 1 aliphatic heterocycles. The van der Waals surface area contributed by atoms with E-state index >= 15 is 0 Å². The highest BCUT2D eigenvalue weighted by Crippen LogP contribution is 2.40. The summed E-state index contributed by atoms with van der Waals surface area (Å²) in [7, 11) is 5.80. The van der Waals surface area contributed by atoms with Gasteiger partial charge in [0.1, 0.15) is 10.4 Å². The van der Waals surface area contributed by atoms with Crippen molar-refractivity contribution in [2.24, 2.45) is 0 Å². The van der Waals surface area contributed by atoms with Crippen LogP contribution in [0.25, 0.3) is 6.08 Å². The smallest absolute Gasteiger partial charge is 0.328 e. The molecular weight excluding hydrogens is 378 g/mol. The van der Waals surface area contributed by atoms with E-state index in [0.29, 0.717) is 32.0 Å². The first-order valence-electron chi connectivity index (χ1n) is 7.52. The Morgan fingerprint density at radius 1 is 1.15 bits per heavy atom. The second-order valence-corrected chi connectivity index (χ2v) is 6.89. The van der Waals surface area contributed by atoms with Crippen LogP contribution < -0.4 is 14.2 Å². The molecule has 1 unspecified atom stereocenters. The molecule has 9 heteroatoms. The zero-order valence-corrected chi connectivity index (χ0v) is 16.7. The number of hydrogen-bond donors (Lipinski definition) is 0. The average molecular weight is 397 g/mol. The number of amides is 1. The van der Waals surface area contributed by atoms with Gasteiger partial charge in [0.2, 0.25) is 5.75 Å². The molecule has 1 atom stereocenters. The maximum Gasteiger partial charge on any atom is 0.328 e. The first kappa shape index (κ1) is 20.1. The van der Waals surface area contributed by atoms with Crippen LogP contribution in [-0.4, -0.2) is 55.6 Å². The Morgan fingerprint density at radius 2 is 1.73 bits per heavy atom. The van der Waals surface area contributed by atoms with Gasteiger partial charge in [-0.05, 0) is 30.7 Å². The predicted molar refractivity (Wildman–Crippen MR) is 103 cm³/mol. The molecule has 2 rings (SSSR count). The van der Waals surface area contributed by atoms with Gasteiger partial charge in [-0.15, -0.1) is 0 Å². The van der Waals surface area contributed by atoms with Crippen molar-refractivity contribution in [3.63, 3.8) is 0 Å². The Morgan fingerprint density at radius 3 is 2.19 bits per heavy atom. The fourth-order valence-corrected chi connectivity index (χ4v) is 3.84. The summed E-state index contributed by atoms with van der Waals surface area (Å²) in [5.74, 6) is 0.508. The van der Waals surface area contributed by atoms with Crippen LogP contribution in [0.2, 0.25) is 0 Å². The van der Waals surface area contributed by atoms with Crippen molar-refractivity contribution >= 4 is 46.3 Å². The topological polar surface area (TPSA) is 74.3 Å². The van der Waals surface area contributed by atoms with Crippen molar-refractivity contribution in [2.45, 2.75) is 13.0 Å². The molecule has 1 aromatic rings. The Bertz CT molecular complexity index is 752. The first-order valence-corrected chi connectivity index (χ1v) is 8.75. The molecule has 1 aliphatic rings. The standard InChI is InChI=1S/C17H19NO6S2/c1-9(16(20)24-5)18-15(19)13(26-17(18)25)8-10-6-11(21-2)14(23-4)12(7-10)22-3/h6-9H,1-5H3/b13-8-. The lowest BCUT2D eigenvalue weighted by Crippen LogP contribution is -2.42. The summed E-state index contributed by atoms with van der Waals surface area (Å²) in [6.45, 7) is 1.57. The molecule has 0 N–H and O–H groups in total. The van der Waals surface area contributed by atoms with E-state index in [0.717, 1.165) is 11.8 Å². The number of hydrogen-bond acceptors (Lipinski definition) is 8. The van der Waals surface area contributed by atoms with Crippen LogP contribution >= 0.6 is 24.0 Å². The summed E-state index contributed by atoms with van der Waals surface area (Å²) in [5, 5.41) is 0. The Hall–Kier alpha value is -2.26. The van der Waals surface area contributed by atoms with E-state index in [1.165, 1.54) is 33.3 Å². The van der Waals surface area contributed by atoms with Crippen molar-refractivity contribution in [3.8, 4) is 17.2 Å². The molecule has 1 saturated heterocycles. The molecule has 0 aliphatic carbocycles. The van der Waals surface area contributed by atoms with Crippen molar-refractivity contribution in [2.75, 3.05) is 28.4 Å². The van der Waals surface area contributed by atoms with Gasteiger partial charge in [-0.3, -0.25) is 9.69 Å². The van der Waals surface area contributed by atoms with Crippen LogP contribution in [-0.2, 0) is 14.3 Å². The van der Waals surface area contributed by atoms with Gasteiger partial charge in [-0.25, -0.2) is 4.79 Å². The number of ether oxygens (including phenoxy) is 4. The SMILES string of the molecule is COC(=O)C(C)N1C(=O)/C(=C/c2cc(OC)c(OC)c(OC)c2)SC1=S. The van der Waals surface area contributed by atoms with Crippen LogP contribution in [0.3, 0.4) is 0 Å². The quantitative estimate of drug-likeness (QED) is 0.412. The van der Waals surface area contributed by atoms with E-state index in [9.17, 15) is 9.59 Å². The fraction of sp³-hybridized carbons (Fsp3) is 0.353. The van der Waals surface area contributed by atoms with Crippen LogP contribution in [0.5, 0.6) is 17.2 Å². The number of methoxy groups -OCH3 is 4. The number of benzene rings is 1. The number of rotatable bonds is 6. The molecule has 0 radical (unpaired) electrons. The third kappa shape index (κ3) is 3.78. The van der Waals surface area contributed by atoms with Crippen molar-refractivity contribution < 1.29 is 28.5 Å². The maximum absolute atomic E-state index is 12.7. The molecule has 0 aromatic heterocycles. The predicted octanol–water partition coefficient (Wildman–Crippen LogP) is 2.48. The summed E-state index contributed by atoms with van der Waals surface area (Å²) >= 11 is 6.36. The minimum Gasteiger partial charge on any atom is -0.493 e. The van der Waals surface area contributed by atoms with Crippen LogP contribution in [0.15, 0.2) is 17.0 Å². The second-order valence-electron chi connectivity index (χ2n) is 5.21. The molecule has 0 spiro atoms. The number of thiocarbonyl (C=S) groups is 1. The molecule has 0 bridgehead atoms. The summed E-state index contributed by atoms with van der Waals surface area (Å²) in [5.41, 5.74) is 0.672. The number of carbonyl (C=O) groups excluding carboxylic acids is 2. The van der Waals surface area contributed by atoms with Gasteiger partial charge < -0.3 is 18.9 Å². The number of esters is 1. The van der Waals surface area contributed by atoms with Crippen LogP contribution in [0.4, 0.5) is 0 Å². The third-order valence-corrected chi connectivity index (χ3v) is 5.07. The summed E-state index contributed by atoms with van der Waals surface area (Å²) in [6.07, 6.45) is 1.66. The van der Waals surface area contributed by atoms with Gasteiger partial charge in [-0.2, -0.15) is 0 Å². The number of thioether (sulfide) groups is 1. The fourth-order valence-electron chi connectivity index (χ4n) is 2.43. The molecular formula is C17H19NO6S2. The van der Waals surface area contributed by atoms with Crippen molar-refractivity contribution in [3.05, 3.63) is 22.6 Å². The molecule has 1 aromatic carbocycles. The highest BCUT2D eigenvalue weighted by molar-refractivity contribution is 8.26. The Labute approximate surface area is 161 Å². The lowest BCUT2D eigenvalue weighted by atomic mass is 10.1. The van der Waals surface area contributed by atoms with Gasteiger partial charge in [0.15, 0.2) is 11.5 Å². The lowest BCUT2D eigenvalue weighted by molar-refractivity contribution is -0.147. The van der Waals surface area contributed by atoms with E-state index in [1.807, 2.05) is 0 Å². The van der Waals surface area contributed by atoms with Crippen molar-refractivity contribution in [1.82, 2.24) is 4.90 Å². The largest absolute Gasteiger partial charge is 0.493 e. The van der Waals surface area contributed by atoms with E-state index in [1.54, 1.807) is 25.1 Å². The summed E-state index contributed by atoms with van der Waals surface area (Å²) in [4.78, 5) is 26.0. The van der Waals surface area contributed by atoms with E-state index < -0.39 is 12.0 Å². The average Bonchev–Trinajstić information content (AvgIpc) is 2.92. The van der Waals surface area contributed by atoms with Gasteiger partial charge in [0, 0.05) is 0 Å². The number of carbonyl (C=O) groups is 2. The van der Waals surface area contributed by atoms with Gasteiger partial charge >= 0.3 is 5.97 Å². The lowest BCUT2D eigenvalue weighted by Gasteiger charge is -2.20. The highest BCUT2D eigenvalue weighted by Gasteiger charge is 2.38. The first-order chi connectivity index (χ1) is 12.4. The number of nitrogens with zero attached hydrogens (tertiary/aromatic N) is 1. The molecule has 7 nitrogen and oxygen atoms in total. The Balaban J connectivity index is 2.40. The van der Waals surface area contributed by atoms with Crippen LogP contribution in [0.1, 0.15) is 12.5 Å². The normalized spacial score (nSPS) is 16.7. The molecule has 0 saturated carbocycles. The second kappa shape index (κ2) is 8.41. The molecule has 1 fully saturated rings. The molecule has 26 heavy (non-hydrogen) atoms. The maximum atomic E-state index is 12.7. The van der Waals surface area contributed by atoms with Gasteiger partial charge in [0.25, 0.3) is 5.91 Å². The molecule has 1 amide bonds. The highest BCUT2D eigenvalue weighted by atomic mass is 32.2. The van der Waals surface area contributed by atoms with Gasteiger partial charge in [0.05, 0.1) is 33.3 Å². The van der Waals surface area contributed by atoms with E-state index in [-0.39, 0.29) is 5.91 Å². The van der Waals surface area contributed by atoms with Crippen molar-refractivity contribution in [1.29, 1.82) is 0 Å². The minimum atomic E-state index is -0.793. The van der Waals surface area contributed by atoms with Crippen LogP contribution in [0, 0.1) is 0 Å². The zero-order chi connectivity index (χ0) is 19.4.